The number of fused-ring (bicyclic) bond motifs is 1. The van der Waals surface area contributed by atoms with E-state index in [1.165, 1.54) is 0 Å². The molecule has 0 radical (unpaired) electrons. The summed E-state index contributed by atoms with van der Waals surface area (Å²) in [6.07, 6.45) is 3.39. The highest BCUT2D eigenvalue weighted by molar-refractivity contribution is 5.93. The van der Waals surface area contributed by atoms with Crippen LogP contribution in [-0.4, -0.2) is 33.6 Å². The summed E-state index contributed by atoms with van der Waals surface area (Å²) in [6, 6.07) is 3.38. The van der Waals surface area contributed by atoms with Crippen LogP contribution in [-0.2, 0) is 0 Å². The third-order valence-corrected chi connectivity index (χ3v) is 1.90. The van der Waals surface area contributed by atoms with Crippen LogP contribution in [0.25, 0.3) is 5.65 Å². The molecular weight excluding hydrogens is 194 g/mol. The molecule has 0 aliphatic heterocycles. The topological polar surface area (TPSA) is 85.3 Å². The van der Waals surface area contributed by atoms with Gasteiger partial charge in [0.2, 0.25) is 0 Å². The predicted molar refractivity (Wildman–Crippen MR) is 54.4 cm³/mol. The maximum atomic E-state index is 11.5. The van der Waals surface area contributed by atoms with Gasteiger partial charge in [0.15, 0.2) is 11.3 Å². The van der Waals surface area contributed by atoms with E-state index in [9.17, 15) is 4.79 Å². The lowest BCUT2D eigenvalue weighted by Crippen LogP contribution is -2.29. The van der Waals surface area contributed by atoms with Gasteiger partial charge in [-0.05, 0) is 6.07 Å². The van der Waals surface area contributed by atoms with Gasteiger partial charge in [-0.15, -0.1) is 0 Å². The number of carbonyl (C=O) groups is 1. The number of carbonyl (C=O) groups excluding carboxylic acids is 1. The van der Waals surface area contributed by atoms with Gasteiger partial charge in [-0.1, -0.05) is 0 Å². The van der Waals surface area contributed by atoms with Crippen molar-refractivity contribution < 1.29 is 4.79 Å². The first kappa shape index (κ1) is 9.60. The maximum absolute atomic E-state index is 11.5. The van der Waals surface area contributed by atoms with Crippen molar-refractivity contribution in [3.8, 4) is 0 Å². The molecular formula is C9H11N5O. The Kier molecular flexibility index (Phi) is 2.59. The van der Waals surface area contributed by atoms with Gasteiger partial charge in [0, 0.05) is 31.5 Å². The predicted octanol–water partition coefficient (Wildman–Crippen LogP) is -0.582. The molecule has 2 aromatic rings. The monoisotopic (exact) mass is 205 g/mol. The standard InChI is InChI=1S/C9H11N5O/c10-2-4-12-9(15)7-6-8-11-3-1-5-14(8)13-7/h1,3,5-6H,2,4,10H2,(H,12,15). The van der Waals surface area contributed by atoms with Crippen LogP contribution >= 0.6 is 0 Å². The molecule has 0 fully saturated rings. The summed E-state index contributed by atoms with van der Waals surface area (Å²) in [5.41, 5.74) is 6.28. The van der Waals surface area contributed by atoms with Gasteiger partial charge in [-0.25, -0.2) is 9.50 Å². The Morgan fingerprint density at radius 3 is 3.20 bits per heavy atom. The van der Waals surface area contributed by atoms with Crippen LogP contribution < -0.4 is 11.1 Å². The molecule has 2 heterocycles. The zero-order valence-corrected chi connectivity index (χ0v) is 8.05. The summed E-state index contributed by atoms with van der Waals surface area (Å²) in [5, 5.41) is 6.71. The molecule has 15 heavy (non-hydrogen) atoms. The summed E-state index contributed by atoms with van der Waals surface area (Å²) in [4.78, 5) is 15.6. The number of nitrogens with two attached hydrogens (primary N) is 1. The van der Waals surface area contributed by atoms with Crippen molar-refractivity contribution >= 4 is 11.6 Å². The molecule has 0 aromatic carbocycles. The summed E-state index contributed by atoms with van der Waals surface area (Å²) >= 11 is 0. The zero-order chi connectivity index (χ0) is 10.7. The Morgan fingerprint density at radius 1 is 1.60 bits per heavy atom. The highest BCUT2D eigenvalue weighted by Gasteiger charge is 2.09. The summed E-state index contributed by atoms with van der Waals surface area (Å²) in [5.74, 6) is -0.231. The van der Waals surface area contributed by atoms with Crippen molar-refractivity contribution in [1.82, 2.24) is 19.9 Å². The second-order valence-corrected chi connectivity index (χ2v) is 3.00. The number of hydrogen-bond donors (Lipinski definition) is 2. The number of rotatable bonds is 3. The number of hydrogen-bond acceptors (Lipinski definition) is 4. The first-order valence-electron chi connectivity index (χ1n) is 4.60. The highest BCUT2D eigenvalue weighted by Crippen LogP contribution is 2.02. The average molecular weight is 205 g/mol. The fourth-order valence-electron chi connectivity index (χ4n) is 1.22. The molecule has 0 saturated carbocycles. The highest BCUT2D eigenvalue weighted by atomic mass is 16.1. The molecule has 0 unspecified atom stereocenters. The zero-order valence-electron chi connectivity index (χ0n) is 8.05. The van der Waals surface area contributed by atoms with Gasteiger partial charge in [0.25, 0.3) is 5.91 Å². The first-order valence-corrected chi connectivity index (χ1v) is 4.60. The number of amides is 1. The minimum atomic E-state index is -0.231. The first-order chi connectivity index (χ1) is 7.31. The lowest BCUT2D eigenvalue weighted by molar-refractivity contribution is 0.0949. The Bertz CT molecular complexity index is 445. The Morgan fingerprint density at radius 2 is 2.47 bits per heavy atom. The van der Waals surface area contributed by atoms with Crippen LogP contribution in [0.3, 0.4) is 0 Å². The van der Waals surface area contributed by atoms with Crippen LogP contribution in [0.5, 0.6) is 0 Å². The van der Waals surface area contributed by atoms with E-state index in [0.717, 1.165) is 0 Å². The van der Waals surface area contributed by atoms with Gasteiger partial charge in [-0.2, -0.15) is 5.10 Å². The van der Waals surface area contributed by atoms with E-state index >= 15 is 0 Å². The normalized spacial score (nSPS) is 10.5. The van der Waals surface area contributed by atoms with Crippen molar-refractivity contribution in [3.05, 3.63) is 30.2 Å². The van der Waals surface area contributed by atoms with Crippen molar-refractivity contribution in [3.63, 3.8) is 0 Å². The van der Waals surface area contributed by atoms with Crippen LogP contribution in [0.15, 0.2) is 24.5 Å². The van der Waals surface area contributed by atoms with E-state index in [0.29, 0.717) is 24.4 Å². The largest absolute Gasteiger partial charge is 0.349 e. The van der Waals surface area contributed by atoms with E-state index in [1.54, 1.807) is 29.0 Å². The Labute approximate surface area is 86.1 Å². The minimum absolute atomic E-state index is 0.231. The summed E-state index contributed by atoms with van der Waals surface area (Å²) < 4.78 is 1.55. The van der Waals surface area contributed by atoms with Crippen molar-refractivity contribution in [2.24, 2.45) is 5.73 Å². The third kappa shape index (κ3) is 1.94. The fraction of sp³-hybridized carbons (Fsp3) is 0.222. The van der Waals surface area contributed by atoms with Crippen LogP contribution in [0, 0.1) is 0 Å². The molecule has 0 aliphatic carbocycles. The average Bonchev–Trinajstić information content (AvgIpc) is 2.69. The molecule has 6 nitrogen and oxygen atoms in total. The molecule has 2 rings (SSSR count). The van der Waals surface area contributed by atoms with Gasteiger partial charge in [0.1, 0.15) is 0 Å². The lowest BCUT2D eigenvalue weighted by atomic mass is 10.4. The second kappa shape index (κ2) is 4.05. The lowest BCUT2D eigenvalue weighted by Gasteiger charge is -1.98. The van der Waals surface area contributed by atoms with Gasteiger partial charge < -0.3 is 11.1 Å². The van der Waals surface area contributed by atoms with Crippen LogP contribution in [0.1, 0.15) is 10.5 Å². The van der Waals surface area contributed by atoms with Crippen LogP contribution in [0.4, 0.5) is 0 Å². The van der Waals surface area contributed by atoms with Crippen molar-refractivity contribution in [2.45, 2.75) is 0 Å². The molecule has 2 aromatic heterocycles. The van der Waals surface area contributed by atoms with E-state index in [1.807, 2.05) is 0 Å². The molecule has 0 saturated heterocycles. The van der Waals surface area contributed by atoms with E-state index in [4.69, 9.17) is 5.73 Å². The van der Waals surface area contributed by atoms with E-state index in [-0.39, 0.29) is 5.91 Å². The fourth-order valence-corrected chi connectivity index (χ4v) is 1.22. The van der Waals surface area contributed by atoms with Gasteiger partial charge in [-0.3, -0.25) is 4.79 Å². The number of aromatic nitrogens is 3. The summed E-state index contributed by atoms with van der Waals surface area (Å²) in [6.45, 7) is 0.859. The summed E-state index contributed by atoms with van der Waals surface area (Å²) in [7, 11) is 0. The second-order valence-electron chi connectivity index (χ2n) is 3.00. The quantitative estimate of drug-likeness (QED) is 0.701. The van der Waals surface area contributed by atoms with Gasteiger partial charge >= 0.3 is 0 Å². The van der Waals surface area contributed by atoms with Gasteiger partial charge in [0.05, 0.1) is 0 Å². The maximum Gasteiger partial charge on any atom is 0.271 e. The third-order valence-electron chi connectivity index (χ3n) is 1.90. The number of nitrogens with one attached hydrogen (secondary N) is 1. The molecule has 1 amide bonds. The SMILES string of the molecule is NCCNC(=O)c1cc2ncccn2n1. The molecule has 0 spiro atoms. The molecule has 0 bridgehead atoms. The van der Waals surface area contributed by atoms with E-state index < -0.39 is 0 Å². The molecule has 78 valence electrons. The van der Waals surface area contributed by atoms with Crippen LogP contribution in [0.2, 0.25) is 0 Å². The number of nitrogens with zero attached hydrogens (tertiary/aromatic N) is 3. The van der Waals surface area contributed by atoms with E-state index in [2.05, 4.69) is 15.4 Å². The molecule has 6 heteroatoms. The Balaban J connectivity index is 2.25. The van der Waals surface area contributed by atoms with Crippen molar-refractivity contribution in [2.75, 3.05) is 13.1 Å². The molecule has 0 atom stereocenters. The molecule has 0 aliphatic rings. The van der Waals surface area contributed by atoms with Crippen molar-refractivity contribution in [1.29, 1.82) is 0 Å². The molecule has 3 N–H and O–H groups in total. The minimum Gasteiger partial charge on any atom is -0.349 e. The Hall–Kier alpha value is -1.95. The smallest absolute Gasteiger partial charge is 0.271 e.